The van der Waals surface area contributed by atoms with E-state index in [0.29, 0.717) is 26.4 Å². The summed E-state index contributed by atoms with van der Waals surface area (Å²) in [5.41, 5.74) is 0. The molecule has 0 bridgehead atoms. The third-order valence-corrected chi connectivity index (χ3v) is 0.942. The second-order valence-corrected chi connectivity index (χ2v) is 3.34. The predicted molar refractivity (Wildman–Crippen MR) is 60.5 cm³/mol. The Morgan fingerprint density at radius 2 is 0.810 bits per heavy atom. The fraction of sp³-hybridized carbons (Fsp3) is 1.00. The molecule has 0 fully saturated rings. The van der Waals surface area contributed by atoms with Crippen LogP contribution >= 0.6 is 0 Å². The van der Waals surface area contributed by atoms with Crippen molar-refractivity contribution in [2.24, 2.45) is 0 Å². The SMILES string of the molecule is O=S(=O)([O-])[O-].OCCOCCO.OCCOCCO.[Na+].[Na+]. The van der Waals surface area contributed by atoms with Crippen molar-refractivity contribution in [2.75, 3.05) is 52.9 Å². The van der Waals surface area contributed by atoms with E-state index in [1.165, 1.54) is 0 Å². The van der Waals surface area contributed by atoms with Crippen LogP contribution in [0.15, 0.2) is 0 Å². The van der Waals surface area contributed by atoms with Crippen molar-refractivity contribution in [2.45, 2.75) is 0 Å². The quantitative estimate of drug-likeness (QED) is 0.141. The monoisotopic (exact) mass is 354 g/mol. The van der Waals surface area contributed by atoms with E-state index in [0.717, 1.165) is 0 Å². The van der Waals surface area contributed by atoms with Gasteiger partial charge in [0, 0.05) is 10.4 Å². The molecule has 0 saturated carbocycles. The molecule has 0 aliphatic heterocycles. The van der Waals surface area contributed by atoms with Crippen molar-refractivity contribution < 1.29 is 107 Å². The van der Waals surface area contributed by atoms with Gasteiger partial charge in [-0.3, -0.25) is 8.42 Å². The van der Waals surface area contributed by atoms with Gasteiger partial charge in [0.25, 0.3) is 0 Å². The molecule has 120 valence electrons. The van der Waals surface area contributed by atoms with Crippen molar-refractivity contribution in [3.63, 3.8) is 0 Å². The summed E-state index contributed by atoms with van der Waals surface area (Å²) < 4.78 is 43.3. The minimum absolute atomic E-state index is 0. The molecule has 0 atom stereocenters. The first kappa shape index (κ1) is 34.1. The third kappa shape index (κ3) is 89.9. The molecule has 0 aromatic carbocycles. The van der Waals surface area contributed by atoms with Gasteiger partial charge in [-0.25, -0.2) is 0 Å². The summed E-state index contributed by atoms with van der Waals surface area (Å²) in [6.45, 7) is 1.39. The summed E-state index contributed by atoms with van der Waals surface area (Å²) in [4.78, 5) is 0. The number of hydrogen-bond donors (Lipinski definition) is 4. The van der Waals surface area contributed by atoms with Crippen LogP contribution in [0, 0.1) is 0 Å². The van der Waals surface area contributed by atoms with E-state index < -0.39 is 10.4 Å². The molecule has 0 amide bonds. The summed E-state index contributed by atoms with van der Waals surface area (Å²) in [7, 11) is -5.17. The Kier molecular flexibility index (Phi) is 48.0. The van der Waals surface area contributed by atoms with Gasteiger partial charge in [0.05, 0.1) is 52.9 Å². The van der Waals surface area contributed by atoms with Gasteiger partial charge < -0.3 is 39.0 Å². The molecule has 10 nitrogen and oxygen atoms in total. The van der Waals surface area contributed by atoms with Crippen molar-refractivity contribution in [3.8, 4) is 0 Å². The van der Waals surface area contributed by atoms with E-state index in [9.17, 15) is 0 Å². The van der Waals surface area contributed by atoms with Crippen LogP contribution in [0.5, 0.6) is 0 Å². The molecule has 0 rings (SSSR count). The second-order valence-electron chi connectivity index (χ2n) is 2.53. The van der Waals surface area contributed by atoms with E-state index in [1.807, 2.05) is 0 Å². The molecular weight excluding hydrogens is 334 g/mol. The van der Waals surface area contributed by atoms with Gasteiger partial charge in [0.15, 0.2) is 0 Å². The summed E-state index contributed by atoms with van der Waals surface area (Å²) in [5.74, 6) is 0. The summed E-state index contributed by atoms with van der Waals surface area (Å²) in [6.07, 6.45) is 0. The zero-order valence-corrected chi connectivity index (χ0v) is 17.1. The van der Waals surface area contributed by atoms with E-state index in [1.54, 1.807) is 0 Å². The number of hydrogen-bond acceptors (Lipinski definition) is 10. The van der Waals surface area contributed by atoms with Crippen LogP contribution in [-0.2, 0) is 19.9 Å². The average molecular weight is 354 g/mol. The van der Waals surface area contributed by atoms with Gasteiger partial charge in [0.1, 0.15) is 0 Å². The fourth-order valence-corrected chi connectivity index (χ4v) is 0.462. The number of aliphatic hydroxyl groups excluding tert-OH is 4. The van der Waals surface area contributed by atoms with Gasteiger partial charge in [-0.1, -0.05) is 0 Å². The van der Waals surface area contributed by atoms with Crippen LogP contribution in [0.25, 0.3) is 0 Å². The number of rotatable bonds is 8. The van der Waals surface area contributed by atoms with Crippen LogP contribution in [0.1, 0.15) is 0 Å². The topological polar surface area (TPSA) is 180 Å². The molecule has 13 heteroatoms. The molecule has 0 radical (unpaired) electrons. The minimum atomic E-state index is -5.17. The van der Waals surface area contributed by atoms with Crippen molar-refractivity contribution in [1.82, 2.24) is 0 Å². The first-order valence-electron chi connectivity index (χ1n) is 5.09. The molecule has 0 heterocycles. The summed E-state index contributed by atoms with van der Waals surface area (Å²) in [6, 6.07) is 0. The van der Waals surface area contributed by atoms with Crippen LogP contribution in [0.3, 0.4) is 0 Å². The van der Waals surface area contributed by atoms with Crippen LogP contribution in [0.4, 0.5) is 0 Å². The maximum atomic E-state index is 8.52. The Bertz CT molecular complexity index is 213. The molecular formula is C8H20Na2O10S. The molecule has 0 aliphatic carbocycles. The van der Waals surface area contributed by atoms with Crippen molar-refractivity contribution in [1.29, 1.82) is 0 Å². The molecule has 0 aliphatic rings. The normalized spacial score (nSPS) is 9.05. The maximum Gasteiger partial charge on any atom is 1.00 e. The van der Waals surface area contributed by atoms with E-state index in [2.05, 4.69) is 9.47 Å². The standard InChI is InChI=1S/2C4H10O3.2Na.H2O4S/c2*5-1-3-7-4-2-6;;;1-5(2,3)4/h2*5-6H,1-4H2;;;(H2,1,2,3,4)/q;;2*+1;/p-2. The first-order chi connectivity index (χ1) is 8.83. The Hall–Kier alpha value is 1.63. The molecule has 4 N–H and O–H groups in total. The van der Waals surface area contributed by atoms with Gasteiger partial charge in [-0.15, -0.1) is 0 Å². The second kappa shape index (κ2) is 29.6. The Morgan fingerprint density at radius 3 is 0.905 bits per heavy atom. The van der Waals surface area contributed by atoms with Crippen LogP contribution in [-0.4, -0.2) is 90.8 Å². The fourth-order valence-electron chi connectivity index (χ4n) is 0.462. The zero-order valence-electron chi connectivity index (χ0n) is 12.3. The van der Waals surface area contributed by atoms with Crippen LogP contribution in [0.2, 0.25) is 0 Å². The minimum Gasteiger partial charge on any atom is -0.759 e. The van der Waals surface area contributed by atoms with Gasteiger partial charge in [0.2, 0.25) is 0 Å². The van der Waals surface area contributed by atoms with E-state index in [4.69, 9.17) is 37.9 Å². The summed E-state index contributed by atoms with van der Waals surface area (Å²) in [5, 5.41) is 32.3. The molecule has 0 saturated heterocycles. The maximum absolute atomic E-state index is 8.52. The average Bonchev–Trinajstić information content (AvgIpc) is 2.29. The number of aliphatic hydroxyl groups is 4. The molecule has 0 unspecified atom stereocenters. The van der Waals surface area contributed by atoms with Gasteiger partial charge in [-0.2, -0.15) is 0 Å². The van der Waals surface area contributed by atoms with E-state index >= 15 is 0 Å². The predicted octanol–water partition coefficient (Wildman–Crippen LogP) is -9.35. The Labute approximate surface area is 168 Å². The summed E-state index contributed by atoms with van der Waals surface area (Å²) >= 11 is 0. The van der Waals surface area contributed by atoms with Gasteiger partial charge >= 0.3 is 59.1 Å². The zero-order chi connectivity index (χ0) is 15.6. The molecule has 0 aromatic heterocycles. The third-order valence-electron chi connectivity index (χ3n) is 0.942. The smallest absolute Gasteiger partial charge is 0.759 e. The largest absolute Gasteiger partial charge is 1.00 e. The molecule has 0 aromatic rings. The van der Waals surface area contributed by atoms with Crippen LogP contribution < -0.4 is 59.1 Å². The van der Waals surface area contributed by atoms with E-state index in [-0.39, 0.29) is 85.5 Å². The van der Waals surface area contributed by atoms with Crippen molar-refractivity contribution >= 4 is 10.4 Å². The van der Waals surface area contributed by atoms with Gasteiger partial charge in [-0.05, 0) is 0 Å². The first-order valence-corrected chi connectivity index (χ1v) is 6.42. The molecule has 21 heavy (non-hydrogen) atoms. The Balaban J connectivity index is -0.0000000590. The molecule has 0 spiro atoms. The number of ether oxygens (including phenoxy) is 2. The Morgan fingerprint density at radius 1 is 0.667 bits per heavy atom. The van der Waals surface area contributed by atoms with Crippen molar-refractivity contribution in [3.05, 3.63) is 0 Å².